The van der Waals surface area contributed by atoms with Crippen LogP contribution in [0.3, 0.4) is 0 Å². The van der Waals surface area contributed by atoms with Gasteiger partial charge in [-0.05, 0) is 18.2 Å². The summed E-state index contributed by atoms with van der Waals surface area (Å²) in [5.41, 5.74) is -0.763. The van der Waals surface area contributed by atoms with Gasteiger partial charge >= 0.3 is 7.75 Å². The van der Waals surface area contributed by atoms with Crippen LogP contribution in [0, 0.1) is 5.95 Å². The molecule has 112 valence electrons. The van der Waals surface area contributed by atoms with E-state index in [4.69, 9.17) is 33.0 Å². The highest BCUT2D eigenvalue weighted by atomic mass is 35.5. The van der Waals surface area contributed by atoms with E-state index in [9.17, 15) is 13.8 Å². The maximum atomic E-state index is 13.4. The summed E-state index contributed by atoms with van der Waals surface area (Å²) in [5.74, 6) is -2.50. The predicted molar refractivity (Wildman–Crippen MR) is 71.8 cm³/mol. The lowest BCUT2D eigenvalue weighted by molar-refractivity contribution is 0.101. The zero-order valence-corrected chi connectivity index (χ0v) is 12.3. The summed E-state index contributed by atoms with van der Waals surface area (Å²) in [5, 5.41) is 8.60. The van der Waals surface area contributed by atoms with E-state index in [1.807, 2.05) is 0 Å². The Balaban J connectivity index is 2.29. The van der Waals surface area contributed by atoms with Crippen LogP contribution in [-0.4, -0.2) is 30.5 Å². The van der Waals surface area contributed by atoms with Crippen molar-refractivity contribution in [3.63, 3.8) is 0 Å². The number of halogens is 3. The molecular formula is C9H6Cl2FN4O4P. The molecule has 0 aliphatic rings. The molecule has 1 aromatic heterocycles. The van der Waals surface area contributed by atoms with Gasteiger partial charge in [0.2, 0.25) is 5.69 Å². The second kappa shape index (κ2) is 5.70. The summed E-state index contributed by atoms with van der Waals surface area (Å²) in [7, 11) is -4.93. The zero-order chi connectivity index (χ0) is 15.8. The van der Waals surface area contributed by atoms with Crippen LogP contribution in [0.1, 0.15) is 10.5 Å². The highest BCUT2D eigenvalue weighted by Gasteiger charge is 2.27. The molecule has 2 aromatic rings. The number of hydrogen-bond acceptors (Lipinski definition) is 4. The van der Waals surface area contributed by atoms with Gasteiger partial charge in [-0.3, -0.25) is 4.79 Å². The summed E-state index contributed by atoms with van der Waals surface area (Å²) in [6, 6.07) is 4.15. The first-order chi connectivity index (χ1) is 9.68. The molecular weight excluding hydrogens is 349 g/mol. The van der Waals surface area contributed by atoms with Gasteiger partial charge in [-0.2, -0.15) is 4.39 Å². The second-order valence-electron chi connectivity index (χ2n) is 3.70. The van der Waals surface area contributed by atoms with Crippen LogP contribution in [0.25, 0.3) is 0 Å². The molecule has 0 saturated heterocycles. The van der Waals surface area contributed by atoms with Crippen LogP contribution in [0.4, 0.5) is 10.1 Å². The Kier molecular flexibility index (Phi) is 4.31. The minimum atomic E-state index is -4.93. The summed E-state index contributed by atoms with van der Waals surface area (Å²) in [6.45, 7) is 0. The first-order valence-corrected chi connectivity index (χ1v) is 7.46. The van der Waals surface area contributed by atoms with Crippen LogP contribution in [-0.2, 0) is 4.57 Å². The van der Waals surface area contributed by atoms with Crippen molar-refractivity contribution in [3.8, 4) is 0 Å². The van der Waals surface area contributed by atoms with Crippen LogP contribution in [0.2, 0.25) is 10.0 Å². The first-order valence-electron chi connectivity index (χ1n) is 5.14. The highest BCUT2D eigenvalue weighted by Crippen LogP contribution is 2.34. The lowest BCUT2D eigenvalue weighted by Gasteiger charge is -2.05. The largest absolute Gasteiger partial charge is 0.466 e. The third-order valence-electron chi connectivity index (χ3n) is 2.19. The Morgan fingerprint density at radius 1 is 1.33 bits per heavy atom. The fraction of sp³-hybridized carbons (Fsp3) is 0. The first kappa shape index (κ1) is 15.9. The Labute approximate surface area is 126 Å². The van der Waals surface area contributed by atoms with Crippen LogP contribution >= 0.6 is 30.9 Å². The third kappa shape index (κ3) is 3.58. The Morgan fingerprint density at radius 3 is 2.52 bits per heavy atom. The number of carbonyl (C=O) groups is 1. The van der Waals surface area contributed by atoms with Crippen LogP contribution < -0.4 is 5.32 Å². The molecule has 3 N–H and O–H groups in total. The molecule has 0 radical (unpaired) electrons. The van der Waals surface area contributed by atoms with Gasteiger partial charge in [-0.1, -0.05) is 27.8 Å². The molecule has 2 rings (SSSR count). The SMILES string of the molecule is O=C(Nc1ccc(Cl)cc1Cl)c1nn(P(=O)(O)O)nc1F. The topological polar surface area (TPSA) is 117 Å². The van der Waals surface area contributed by atoms with Gasteiger partial charge in [0.1, 0.15) is 0 Å². The number of anilines is 1. The molecule has 21 heavy (non-hydrogen) atoms. The summed E-state index contributed by atoms with van der Waals surface area (Å²) in [4.78, 5) is 29.4. The minimum Gasteiger partial charge on any atom is -0.319 e. The molecule has 0 atom stereocenters. The van der Waals surface area contributed by atoms with Gasteiger partial charge in [0, 0.05) is 5.02 Å². The fourth-order valence-electron chi connectivity index (χ4n) is 1.31. The fourth-order valence-corrected chi connectivity index (χ4v) is 2.16. The minimum absolute atomic E-state index is 0.0960. The number of nitrogens with zero attached hydrogens (tertiary/aromatic N) is 3. The number of carbonyl (C=O) groups excluding carboxylic acids is 1. The van der Waals surface area contributed by atoms with Crippen molar-refractivity contribution in [1.29, 1.82) is 0 Å². The molecule has 0 aliphatic carbocycles. The summed E-state index contributed by atoms with van der Waals surface area (Å²) >= 11 is 11.5. The molecule has 0 spiro atoms. The number of hydrogen-bond donors (Lipinski definition) is 3. The average molecular weight is 355 g/mol. The maximum absolute atomic E-state index is 13.4. The van der Waals surface area contributed by atoms with E-state index in [0.29, 0.717) is 5.02 Å². The van der Waals surface area contributed by atoms with Crippen LogP contribution in [0.5, 0.6) is 0 Å². The molecule has 0 aliphatic heterocycles. The smallest absolute Gasteiger partial charge is 0.319 e. The average Bonchev–Trinajstić information content (AvgIpc) is 2.75. The molecule has 0 unspecified atom stereocenters. The Bertz CT molecular complexity index is 762. The molecule has 0 bridgehead atoms. The van der Waals surface area contributed by atoms with E-state index >= 15 is 0 Å². The molecule has 0 saturated carbocycles. The lowest BCUT2D eigenvalue weighted by Crippen LogP contribution is -2.14. The monoisotopic (exact) mass is 354 g/mol. The van der Waals surface area contributed by atoms with Crippen LogP contribution in [0.15, 0.2) is 18.2 Å². The number of benzene rings is 1. The van der Waals surface area contributed by atoms with Gasteiger partial charge in [0.15, 0.2) is 0 Å². The van der Waals surface area contributed by atoms with Gasteiger partial charge in [0.05, 0.1) is 10.7 Å². The lowest BCUT2D eigenvalue weighted by atomic mass is 10.3. The normalized spacial score (nSPS) is 11.5. The van der Waals surface area contributed by atoms with Crippen molar-refractivity contribution >= 4 is 42.5 Å². The quantitative estimate of drug-likeness (QED) is 0.724. The Hall–Kier alpha value is -1.51. The van der Waals surface area contributed by atoms with E-state index in [0.717, 1.165) is 0 Å². The van der Waals surface area contributed by atoms with E-state index in [2.05, 4.69) is 15.5 Å². The number of nitrogens with one attached hydrogen (secondary N) is 1. The van der Waals surface area contributed by atoms with Crippen molar-refractivity contribution in [2.45, 2.75) is 0 Å². The summed E-state index contributed by atoms with van der Waals surface area (Å²) < 4.78 is 24.1. The van der Waals surface area contributed by atoms with Gasteiger partial charge in [0.25, 0.3) is 11.9 Å². The van der Waals surface area contributed by atoms with Crippen molar-refractivity contribution in [1.82, 2.24) is 14.8 Å². The third-order valence-corrected chi connectivity index (χ3v) is 3.38. The molecule has 1 amide bonds. The standard InChI is InChI=1S/C9H6Cl2FN4O4P/c10-4-1-2-6(5(11)3-4)13-9(17)7-8(12)15-16(14-7)21(18,19)20/h1-3H,(H,13,17)(H2,18,19,20). The molecule has 1 aromatic carbocycles. The summed E-state index contributed by atoms with van der Waals surface area (Å²) in [6.07, 6.45) is 0. The molecule has 8 nitrogen and oxygen atoms in total. The zero-order valence-electron chi connectivity index (χ0n) is 9.87. The van der Waals surface area contributed by atoms with Crippen molar-refractivity contribution in [2.24, 2.45) is 0 Å². The molecule has 1 heterocycles. The highest BCUT2D eigenvalue weighted by molar-refractivity contribution is 7.49. The number of amides is 1. The van der Waals surface area contributed by atoms with E-state index < -0.39 is 25.3 Å². The number of rotatable bonds is 3. The van der Waals surface area contributed by atoms with Gasteiger partial charge < -0.3 is 15.1 Å². The van der Waals surface area contributed by atoms with Gasteiger partial charge in [-0.15, -0.1) is 10.2 Å². The predicted octanol–water partition coefficient (Wildman–Crippen LogP) is 1.92. The van der Waals surface area contributed by atoms with E-state index in [-0.39, 0.29) is 15.3 Å². The van der Waals surface area contributed by atoms with Crippen molar-refractivity contribution < 1.29 is 23.5 Å². The van der Waals surface area contributed by atoms with Crippen molar-refractivity contribution in [2.75, 3.05) is 5.32 Å². The second-order valence-corrected chi connectivity index (χ2v) is 5.93. The Morgan fingerprint density at radius 2 is 2.00 bits per heavy atom. The molecule has 12 heteroatoms. The number of aromatic nitrogens is 3. The van der Waals surface area contributed by atoms with Crippen molar-refractivity contribution in [3.05, 3.63) is 39.9 Å². The van der Waals surface area contributed by atoms with E-state index in [1.54, 1.807) is 0 Å². The van der Waals surface area contributed by atoms with Gasteiger partial charge in [-0.25, -0.2) is 4.57 Å². The van der Waals surface area contributed by atoms with E-state index in [1.165, 1.54) is 18.2 Å². The molecule has 0 fully saturated rings. The maximum Gasteiger partial charge on any atom is 0.466 e.